The second-order valence-electron chi connectivity index (χ2n) is 3.64. The van der Waals surface area contributed by atoms with Crippen molar-refractivity contribution in [1.82, 2.24) is 5.09 Å². The van der Waals surface area contributed by atoms with E-state index in [4.69, 9.17) is 0 Å². The molecule has 0 saturated carbocycles. The Morgan fingerprint density at radius 2 is 1.19 bits per heavy atom. The third-order valence-electron chi connectivity index (χ3n) is 2.69. The van der Waals surface area contributed by atoms with Crippen molar-refractivity contribution in [2.24, 2.45) is 0 Å². The number of halogens is 1. The van der Waals surface area contributed by atoms with Crippen molar-refractivity contribution in [2.75, 3.05) is 7.05 Å². The zero-order valence-corrected chi connectivity index (χ0v) is 12.3. The van der Waals surface area contributed by atoms with E-state index in [0.717, 1.165) is 0 Å². The van der Waals surface area contributed by atoms with Gasteiger partial charge in [0.1, 0.15) is 0 Å². The van der Waals surface area contributed by atoms with Crippen LogP contribution >= 0.6 is 27.1 Å². The molecule has 0 radical (unpaired) electrons. The van der Waals surface area contributed by atoms with E-state index in [1.807, 2.05) is 0 Å². The first-order chi connectivity index (χ1) is 7.77. The van der Waals surface area contributed by atoms with Crippen LogP contribution in [0.1, 0.15) is 0 Å². The van der Waals surface area contributed by atoms with Gasteiger partial charge in [-0.3, -0.25) is 0 Å². The van der Waals surface area contributed by atoms with Crippen LogP contribution in [0.2, 0.25) is 0 Å². The maximum atomic E-state index is 3.54. The molecule has 1 nitrogen and oxygen atoms in total. The summed E-state index contributed by atoms with van der Waals surface area (Å²) in [4.78, 5) is 0. The molecule has 2 rings (SSSR count). The van der Waals surface area contributed by atoms with E-state index in [0.29, 0.717) is 0 Å². The van der Waals surface area contributed by atoms with Crippen molar-refractivity contribution in [3.05, 3.63) is 60.7 Å². The standard InChI is InChI=1S/C13H15INP/c1-15-16(14,12-8-4-2-5-9-12)13-10-6-3-7-11-13/h2-11,15-16H,1H3. The summed E-state index contributed by atoms with van der Waals surface area (Å²) >= 11 is 2.60. The molecule has 2 aromatic carbocycles. The van der Waals surface area contributed by atoms with Gasteiger partial charge in [-0.1, -0.05) is 0 Å². The quantitative estimate of drug-likeness (QED) is 0.668. The molecular weight excluding hydrogens is 328 g/mol. The molecule has 0 unspecified atom stereocenters. The van der Waals surface area contributed by atoms with Crippen LogP contribution in [0.25, 0.3) is 0 Å². The Bertz CT molecular complexity index is 405. The summed E-state index contributed by atoms with van der Waals surface area (Å²) in [5.41, 5.74) is 0. The van der Waals surface area contributed by atoms with E-state index in [1.165, 1.54) is 10.6 Å². The van der Waals surface area contributed by atoms with Gasteiger partial charge in [0.05, 0.1) is 0 Å². The number of hydrogen-bond donors (Lipinski definition) is 1. The van der Waals surface area contributed by atoms with Gasteiger partial charge in [0.2, 0.25) is 0 Å². The SMILES string of the molecule is CN[PH](I)(c1ccccc1)c1ccccc1. The number of nitrogens with one attached hydrogen (secondary N) is 1. The van der Waals surface area contributed by atoms with Crippen LogP contribution in [0.3, 0.4) is 0 Å². The fourth-order valence-electron chi connectivity index (χ4n) is 1.79. The van der Waals surface area contributed by atoms with E-state index < -0.39 is 5.06 Å². The third kappa shape index (κ3) is 2.29. The Morgan fingerprint density at radius 3 is 1.50 bits per heavy atom. The summed E-state index contributed by atoms with van der Waals surface area (Å²) in [5.74, 6) is 0. The Labute approximate surface area is 110 Å². The second kappa shape index (κ2) is 5.26. The van der Waals surface area contributed by atoms with E-state index in [9.17, 15) is 0 Å². The summed E-state index contributed by atoms with van der Waals surface area (Å²) in [5, 5.41) is 4.59. The Kier molecular flexibility index (Phi) is 3.95. The first-order valence-electron chi connectivity index (χ1n) is 5.26. The van der Waals surface area contributed by atoms with Gasteiger partial charge in [-0.25, -0.2) is 0 Å². The molecule has 0 bridgehead atoms. The van der Waals surface area contributed by atoms with Crippen LogP contribution in [-0.4, -0.2) is 7.05 Å². The molecule has 84 valence electrons. The maximum absolute atomic E-state index is 3.54. The van der Waals surface area contributed by atoms with Gasteiger partial charge in [0.25, 0.3) is 0 Å². The Balaban J connectivity index is 2.49. The molecule has 0 heterocycles. The van der Waals surface area contributed by atoms with Crippen molar-refractivity contribution >= 4 is 37.7 Å². The molecule has 16 heavy (non-hydrogen) atoms. The molecule has 0 spiro atoms. The van der Waals surface area contributed by atoms with Crippen LogP contribution in [0.5, 0.6) is 0 Å². The number of rotatable bonds is 3. The average Bonchev–Trinajstić information content (AvgIpc) is 2.40. The van der Waals surface area contributed by atoms with Crippen molar-refractivity contribution in [3.8, 4) is 0 Å². The molecule has 0 fully saturated rings. The molecule has 1 N–H and O–H groups in total. The fraction of sp³-hybridized carbons (Fsp3) is 0.0769. The van der Waals surface area contributed by atoms with E-state index in [1.54, 1.807) is 0 Å². The molecule has 0 saturated heterocycles. The molecular formula is C13H15INP. The molecule has 0 aliphatic rings. The summed E-state index contributed by atoms with van der Waals surface area (Å²) in [7, 11) is 2.05. The van der Waals surface area contributed by atoms with Gasteiger partial charge in [0.15, 0.2) is 0 Å². The van der Waals surface area contributed by atoms with E-state index >= 15 is 0 Å². The van der Waals surface area contributed by atoms with Gasteiger partial charge < -0.3 is 0 Å². The minimum atomic E-state index is -1.76. The van der Waals surface area contributed by atoms with E-state index in [-0.39, 0.29) is 0 Å². The number of hydrogen-bond acceptors (Lipinski definition) is 1. The second-order valence-corrected chi connectivity index (χ2v) is 11.5. The Hall–Kier alpha value is -0.440. The molecule has 2 aromatic rings. The minimum absolute atomic E-state index is 1.41. The average molecular weight is 343 g/mol. The van der Waals surface area contributed by atoms with E-state index in [2.05, 4.69) is 94.8 Å². The monoisotopic (exact) mass is 343 g/mol. The first-order valence-corrected chi connectivity index (χ1v) is 10.4. The van der Waals surface area contributed by atoms with Crippen LogP contribution < -0.4 is 15.7 Å². The molecule has 3 heteroatoms. The molecule has 0 amide bonds. The molecule has 0 aliphatic carbocycles. The first kappa shape index (κ1) is 12.0. The molecule has 0 aliphatic heterocycles. The summed E-state index contributed by atoms with van der Waals surface area (Å²) in [6, 6.07) is 21.4. The van der Waals surface area contributed by atoms with Gasteiger partial charge >= 0.3 is 111 Å². The normalized spacial score (nSPS) is 12.4. The van der Waals surface area contributed by atoms with Crippen LogP contribution in [0.4, 0.5) is 0 Å². The van der Waals surface area contributed by atoms with Crippen LogP contribution in [-0.2, 0) is 0 Å². The van der Waals surface area contributed by atoms with Gasteiger partial charge in [-0.15, -0.1) is 0 Å². The predicted octanol–water partition coefficient (Wildman–Crippen LogP) is 2.87. The van der Waals surface area contributed by atoms with Gasteiger partial charge in [0, 0.05) is 0 Å². The zero-order chi connectivity index (χ0) is 11.4. The van der Waals surface area contributed by atoms with Crippen molar-refractivity contribution < 1.29 is 0 Å². The van der Waals surface area contributed by atoms with Crippen molar-refractivity contribution in [2.45, 2.75) is 0 Å². The van der Waals surface area contributed by atoms with Gasteiger partial charge in [-0.2, -0.15) is 0 Å². The molecule has 0 aromatic heterocycles. The molecule has 0 atom stereocenters. The summed E-state index contributed by atoms with van der Waals surface area (Å²) < 4.78 is 0. The summed E-state index contributed by atoms with van der Waals surface area (Å²) in [6.45, 7) is 0. The van der Waals surface area contributed by atoms with Crippen LogP contribution in [0, 0.1) is 0 Å². The predicted molar refractivity (Wildman–Crippen MR) is 83.5 cm³/mol. The number of benzene rings is 2. The Morgan fingerprint density at radius 1 is 0.812 bits per heavy atom. The van der Waals surface area contributed by atoms with Gasteiger partial charge in [-0.05, 0) is 0 Å². The third-order valence-corrected chi connectivity index (χ3v) is 11.0. The summed E-state index contributed by atoms with van der Waals surface area (Å²) in [6.07, 6.45) is 0. The van der Waals surface area contributed by atoms with Crippen molar-refractivity contribution in [1.29, 1.82) is 0 Å². The van der Waals surface area contributed by atoms with Crippen molar-refractivity contribution in [3.63, 3.8) is 0 Å². The topological polar surface area (TPSA) is 12.0 Å². The zero-order valence-electron chi connectivity index (χ0n) is 9.15. The fourth-order valence-corrected chi connectivity index (χ4v) is 6.16. The van der Waals surface area contributed by atoms with Crippen LogP contribution in [0.15, 0.2) is 60.7 Å².